The van der Waals surface area contributed by atoms with Crippen molar-refractivity contribution in [2.45, 2.75) is 25.7 Å². The molecule has 96 valence electrons. The third-order valence-electron chi connectivity index (χ3n) is 3.46. The topological polar surface area (TPSA) is 69.6 Å². The van der Waals surface area contributed by atoms with Crippen LogP contribution in [-0.4, -0.2) is 48.1 Å². The van der Waals surface area contributed by atoms with Crippen LogP contribution in [0.2, 0.25) is 0 Å². The molecular weight excluding hydrogens is 220 g/mol. The van der Waals surface area contributed by atoms with Gasteiger partial charge in [-0.1, -0.05) is 0 Å². The van der Waals surface area contributed by atoms with Crippen molar-refractivity contribution in [3.05, 3.63) is 0 Å². The summed E-state index contributed by atoms with van der Waals surface area (Å²) in [6.45, 7) is 2.14. The Morgan fingerprint density at radius 2 is 2.06 bits per heavy atom. The summed E-state index contributed by atoms with van der Waals surface area (Å²) in [7, 11) is 0. The summed E-state index contributed by atoms with van der Waals surface area (Å²) in [5.74, 6) is -0.383. The number of rotatable bonds is 5. The maximum Gasteiger partial charge on any atom is 0.323 e. The number of hydrogen-bond acceptors (Lipinski definition) is 3. The number of carbonyl (C=O) groups is 2. The van der Waals surface area contributed by atoms with Crippen molar-refractivity contribution in [3.63, 3.8) is 0 Å². The van der Waals surface area contributed by atoms with Crippen LogP contribution < -0.4 is 5.32 Å². The van der Waals surface area contributed by atoms with Crippen LogP contribution in [0, 0.1) is 11.8 Å². The van der Waals surface area contributed by atoms with Gasteiger partial charge in [-0.15, -0.1) is 0 Å². The van der Waals surface area contributed by atoms with Gasteiger partial charge in [-0.05, 0) is 38.1 Å². The van der Waals surface area contributed by atoms with Gasteiger partial charge in [-0.2, -0.15) is 0 Å². The van der Waals surface area contributed by atoms with E-state index in [-0.39, 0.29) is 18.4 Å². The molecular formula is C12H20N2O3. The number of carboxylic acids is 1. The minimum atomic E-state index is -0.914. The molecule has 17 heavy (non-hydrogen) atoms. The Hall–Kier alpha value is -1.10. The first-order valence-electron chi connectivity index (χ1n) is 6.38. The fourth-order valence-corrected chi connectivity index (χ4v) is 2.33. The van der Waals surface area contributed by atoms with Crippen LogP contribution in [0.15, 0.2) is 0 Å². The highest BCUT2D eigenvalue weighted by Gasteiger charge is 2.31. The maximum atomic E-state index is 12.2. The molecule has 1 aliphatic carbocycles. The van der Waals surface area contributed by atoms with Gasteiger partial charge in [0.2, 0.25) is 5.91 Å². The van der Waals surface area contributed by atoms with Crippen LogP contribution in [-0.2, 0) is 9.59 Å². The lowest BCUT2D eigenvalue weighted by molar-refractivity contribution is -0.146. The first kappa shape index (κ1) is 12.4. The minimum Gasteiger partial charge on any atom is -0.480 e. The van der Waals surface area contributed by atoms with E-state index < -0.39 is 5.97 Å². The molecule has 0 radical (unpaired) electrons. The molecule has 0 aromatic rings. The van der Waals surface area contributed by atoms with E-state index in [9.17, 15) is 9.59 Å². The Kier molecular flexibility index (Phi) is 3.99. The molecule has 2 N–H and O–H groups in total. The quantitative estimate of drug-likeness (QED) is 0.725. The van der Waals surface area contributed by atoms with Gasteiger partial charge in [-0.3, -0.25) is 9.59 Å². The van der Waals surface area contributed by atoms with E-state index in [4.69, 9.17) is 5.11 Å². The number of carboxylic acid groups (broad SMARTS) is 1. The molecule has 5 nitrogen and oxygen atoms in total. The van der Waals surface area contributed by atoms with Crippen molar-refractivity contribution in [1.29, 1.82) is 0 Å². The molecule has 5 heteroatoms. The lowest BCUT2D eigenvalue weighted by atomic mass is 9.98. The van der Waals surface area contributed by atoms with Crippen molar-refractivity contribution in [1.82, 2.24) is 10.2 Å². The SMILES string of the molecule is O=C(O)CN(CC1CC1)C(=O)[C@H]1CCCNC1. The van der Waals surface area contributed by atoms with E-state index in [1.807, 2.05) is 0 Å². The van der Waals surface area contributed by atoms with E-state index in [0.29, 0.717) is 19.0 Å². The molecule has 1 amide bonds. The number of amides is 1. The molecule has 2 aliphatic rings. The Labute approximate surface area is 101 Å². The van der Waals surface area contributed by atoms with Crippen LogP contribution in [0.4, 0.5) is 0 Å². The summed E-state index contributed by atoms with van der Waals surface area (Å²) >= 11 is 0. The second kappa shape index (κ2) is 5.49. The molecule has 1 atom stereocenters. The third-order valence-corrected chi connectivity index (χ3v) is 3.46. The smallest absolute Gasteiger partial charge is 0.323 e. The molecule has 0 aromatic carbocycles. The number of nitrogens with zero attached hydrogens (tertiary/aromatic N) is 1. The molecule has 2 fully saturated rings. The third kappa shape index (κ3) is 3.70. The van der Waals surface area contributed by atoms with Gasteiger partial charge in [0.05, 0.1) is 5.92 Å². The molecule has 1 saturated carbocycles. The number of nitrogens with one attached hydrogen (secondary N) is 1. The van der Waals surface area contributed by atoms with Crippen LogP contribution >= 0.6 is 0 Å². The van der Waals surface area contributed by atoms with E-state index in [0.717, 1.165) is 32.2 Å². The van der Waals surface area contributed by atoms with Gasteiger partial charge in [0.25, 0.3) is 0 Å². The van der Waals surface area contributed by atoms with E-state index in [2.05, 4.69) is 5.32 Å². The first-order chi connectivity index (χ1) is 8.16. The molecule has 0 bridgehead atoms. The summed E-state index contributed by atoms with van der Waals surface area (Å²) < 4.78 is 0. The summed E-state index contributed by atoms with van der Waals surface area (Å²) in [4.78, 5) is 24.5. The summed E-state index contributed by atoms with van der Waals surface area (Å²) in [6, 6.07) is 0. The Balaban J connectivity index is 1.91. The van der Waals surface area contributed by atoms with Gasteiger partial charge in [-0.25, -0.2) is 0 Å². The van der Waals surface area contributed by atoms with Gasteiger partial charge in [0.15, 0.2) is 0 Å². The summed E-state index contributed by atoms with van der Waals surface area (Å²) in [5, 5.41) is 12.1. The van der Waals surface area contributed by atoms with Crippen LogP contribution in [0.25, 0.3) is 0 Å². The van der Waals surface area contributed by atoms with Crippen molar-refractivity contribution < 1.29 is 14.7 Å². The highest BCUT2D eigenvalue weighted by atomic mass is 16.4. The Morgan fingerprint density at radius 3 is 2.59 bits per heavy atom. The lowest BCUT2D eigenvalue weighted by Crippen LogP contribution is -2.45. The predicted octanol–water partition coefficient (Wildman–Crippen LogP) is 0.309. The zero-order valence-electron chi connectivity index (χ0n) is 10.0. The normalized spacial score (nSPS) is 24.4. The highest BCUT2D eigenvalue weighted by molar-refractivity contribution is 5.83. The zero-order chi connectivity index (χ0) is 12.3. The molecule has 1 heterocycles. The minimum absolute atomic E-state index is 0.0199. The first-order valence-corrected chi connectivity index (χ1v) is 6.38. The molecule has 0 aromatic heterocycles. The van der Waals surface area contributed by atoms with Crippen molar-refractivity contribution in [2.24, 2.45) is 11.8 Å². The zero-order valence-corrected chi connectivity index (χ0v) is 10.0. The fraction of sp³-hybridized carbons (Fsp3) is 0.833. The summed E-state index contributed by atoms with van der Waals surface area (Å²) in [6.07, 6.45) is 4.14. The van der Waals surface area contributed by atoms with Gasteiger partial charge >= 0.3 is 5.97 Å². The molecule has 0 spiro atoms. The summed E-state index contributed by atoms with van der Waals surface area (Å²) in [5.41, 5.74) is 0. The average Bonchev–Trinajstić information content (AvgIpc) is 3.12. The highest BCUT2D eigenvalue weighted by Crippen LogP contribution is 2.30. The second-order valence-corrected chi connectivity index (χ2v) is 5.10. The largest absolute Gasteiger partial charge is 0.480 e. The number of carbonyl (C=O) groups excluding carboxylic acids is 1. The number of piperidine rings is 1. The van der Waals surface area contributed by atoms with E-state index >= 15 is 0 Å². The lowest BCUT2D eigenvalue weighted by Gasteiger charge is -2.28. The molecule has 1 saturated heterocycles. The predicted molar refractivity (Wildman–Crippen MR) is 62.5 cm³/mol. The fourth-order valence-electron chi connectivity index (χ4n) is 2.33. The number of aliphatic carboxylic acids is 1. The van der Waals surface area contributed by atoms with Crippen LogP contribution in [0.3, 0.4) is 0 Å². The van der Waals surface area contributed by atoms with Gasteiger partial charge in [0, 0.05) is 13.1 Å². The molecule has 0 unspecified atom stereocenters. The Morgan fingerprint density at radius 1 is 1.29 bits per heavy atom. The monoisotopic (exact) mass is 240 g/mol. The maximum absolute atomic E-state index is 12.2. The standard InChI is InChI=1S/C12H20N2O3/c15-11(16)8-14(7-9-3-4-9)12(17)10-2-1-5-13-6-10/h9-10,13H,1-8H2,(H,15,16)/t10-/m0/s1. The van der Waals surface area contributed by atoms with E-state index in [1.165, 1.54) is 4.90 Å². The molecule has 1 aliphatic heterocycles. The van der Waals surface area contributed by atoms with Crippen molar-refractivity contribution in [3.8, 4) is 0 Å². The van der Waals surface area contributed by atoms with Gasteiger partial charge in [0.1, 0.15) is 6.54 Å². The van der Waals surface area contributed by atoms with Gasteiger partial charge < -0.3 is 15.3 Å². The number of hydrogen-bond donors (Lipinski definition) is 2. The van der Waals surface area contributed by atoms with Crippen LogP contribution in [0.5, 0.6) is 0 Å². The Bertz CT molecular complexity index is 296. The average molecular weight is 240 g/mol. The molecule has 2 rings (SSSR count). The van der Waals surface area contributed by atoms with Crippen molar-refractivity contribution in [2.75, 3.05) is 26.2 Å². The van der Waals surface area contributed by atoms with E-state index in [1.54, 1.807) is 0 Å². The van der Waals surface area contributed by atoms with Crippen molar-refractivity contribution >= 4 is 11.9 Å². The second-order valence-electron chi connectivity index (χ2n) is 5.10. The van der Waals surface area contributed by atoms with Crippen LogP contribution in [0.1, 0.15) is 25.7 Å².